The van der Waals surface area contributed by atoms with Crippen molar-refractivity contribution in [2.45, 2.75) is 13.0 Å². The predicted molar refractivity (Wildman–Crippen MR) is 96.0 cm³/mol. The summed E-state index contributed by atoms with van der Waals surface area (Å²) in [7, 11) is 3.27. The van der Waals surface area contributed by atoms with Gasteiger partial charge in [-0.3, -0.25) is 9.59 Å². The maximum absolute atomic E-state index is 12.8. The molecule has 0 N–H and O–H groups in total. The molecule has 5 nitrogen and oxygen atoms in total. The number of carbonyl (C=O) groups excluding carboxylic acids is 1. The summed E-state index contributed by atoms with van der Waals surface area (Å²) in [5.41, 5.74) is 1.05. The number of nitrogens with zero attached hydrogens (tertiary/aromatic N) is 1. The Morgan fingerprint density at radius 2 is 1.80 bits per heavy atom. The van der Waals surface area contributed by atoms with Crippen LogP contribution in [0.25, 0.3) is 11.0 Å². The average molecular weight is 337 g/mol. The van der Waals surface area contributed by atoms with Crippen molar-refractivity contribution in [3.63, 3.8) is 0 Å². The molecule has 25 heavy (non-hydrogen) atoms. The van der Waals surface area contributed by atoms with Gasteiger partial charge < -0.3 is 14.1 Å². The zero-order valence-corrected chi connectivity index (χ0v) is 14.4. The van der Waals surface area contributed by atoms with Crippen LogP contribution in [0.2, 0.25) is 0 Å². The molecule has 0 aliphatic heterocycles. The molecule has 0 radical (unpaired) electrons. The van der Waals surface area contributed by atoms with Crippen LogP contribution in [0.1, 0.15) is 29.1 Å². The average Bonchev–Trinajstić information content (AvgIpc) is 2.66. The van der Waals surface area contributed by atoms with E-state index in [1.54, 1.807) is 38.4 Å². The Balaban J connectivity index is 1.96. The molecule has 1 atom stereocenters. The van der Waals surface area contributed by atoms with Gasteiger partial charge in [-0.1, -0.05) is 30.3 Å². The third-order valence-corrected chi connectivity index (χ3v) is 4.34. The zero-order valence-electron chi connectivity index (χ0n) is 14.4. The molecule has 1 aromatic heterocycles. The predicted octanol–water partition coefficient (Wildman–Crippen LogP) is 3.63. The molecule has 1 heterocycles. The molecule has 1 amide bonds. The van der Waals surface area contributed by atoms with Crippen LogP contribution in [-0.2, 0) is 0 Å². The van der Waals surface area contributed by atoms with E-state index in [2.05, 4.69) is 0 Å². The number of fused-ring (bicyclic) bond motifs is 1. The number of hydrogen-bond donors (Lipinski definition) is 0. The molecule has 5 heteroatoms. The van der Waals surface area contributed by atoms with E-state index < -0.39 is 0 Å². The van der Waals surface area contributed by atoms with E-state index in [1.807, 2.05) is 31.2 Å². The summed E-state index contributed by atoms with van der Waals surface area (Å²) in [4.78, 5) is 26.6. The standard InChI is InChI=1S/C20H19NO4/c1-13(14-8-4-6-10-17(14)24-3)21(2)20(23)19-12-16(22)15-9-5-7-11-18(15)25-19/h4-13H,1-3H3. The van der Waals surface area contributed by atoms with E-state index in [1.165, 1.54) is 11.0 Å². The van der Waals surface area contributed by atoms with Gasteiger partial charge in [0.05, 0.1) is 18.5 Å². The van der Waals surface area contributed by atoms with Crippen LogP contribution in [0.5, 0.6) is 5.75 Å². The Hall–Kier alpha value is -3.08. The van der Waals surface area contributed by atoms with E-state index in [0.717, 1.165) is 5.56 Å². The lowest BCUT2D eigenvalue weighted by atomic mass is 10.1. The topological polar surface area (TPSA) is 59.8 Å². The first-order chi connectivity index (χ1) is 12.0. The Labute approximate surface area is 145 Å². The molecule has 0 fully saturated rings. The summed E-state index contributed by atoms with van der Waals surface area (Å²) >= 11 is 0. The number of rotatable bonds is 4. The van der Waals surface area contributed by atoms with Crippen LogP contribution in [0, 0.1) is 0 Å². The van der Waals surface area contributed by atoms with Gasteiger partial charge in [0.1, 0.15) is 11.3 Å². The van der Waals surface area contributed by atoms with Gasteiger partial charge in [-0.15, -0.1) is 0 Å². The van der Waals surface area contributed by atoms with Gasteiger partial charge in [-0.25, -0.2) is 0 Å². The Kier molecular flexibility index (Phi) is 4.57. The van der Waals surface area contributed by atoms with Crippen molar-refractivity contribution >= 4 is 16.9 Å². The summed E-state index contributed by atoms with van der Waals surface area (Å²) in [5, 5.41) is 0.458. The van der Waals surface area contributed by atoms with Gasteiger partial charge in [-0.2, -0.15) is 0 Å². The fourth-order valence-electron chi connectivity index (χ4n) is 2.78. The van der Waals surface area contributed by atoms with Gasteiger partial charge in [0.2, 0.25) is 0 Å². The lowest BCUT2D eigenvalue weighted by molar-refractivity contribution is 0.0709. The molecule has 0 bridgehead atoms. The first kappa shape index (κ1) is 16.8. The second kappa shape index (κ2) is 6.81. The highest BCUT2D eigenvalue weighted by atomic mass is 16.5. The molecule has 0 aliphatic rings. The molecule has 0 spiro atoms. The molecule has 2 aromatic carbocycles. The number of carbonyl (C=O) groups is 1. The minimum atomic E-state index is -0.360. The molecule has 3 aromatic rings. The maximum Gasteiger partial charge on any atom is 0.289 e. The lowest BCUT2D eigenvalue weighted by Crippen LogP contribution is -2.30. The molecule has 1 unspecified atom stereocenters. The highest BCUT2D eigenvalue weighted by molar-refractivity contribution is 5.93. The summed E-state index contributed by atoms with van der Waals surface area (Å²) < 4.78 is 11.0. The minimum absolute atomic E-state index is 0.0212. The van der Waals surface area contributed by atoms with Crippen LogP contribution >= 0.6 is 0 Å². The van der Waals surface area contributed by atoms with E-state index >= 15 is 0 Å². The minimum Gasteiger partial charge on any atom is -0.496 e. The van der Waals surface area contributed by atoms with Crippen LogP contribution < -0.4 is 10.2 Å². The van der Waals surface area contributed by atoms with Crippen molar-refractivity contribution in [2.75, 3.05) is 14.2 Å². The lowest BCUT2D eigenvalue weighted by Gasteiger charge is -2.26. The quantitative estimate of drug-likeness (QED) is 0.729. The molecule has 3 rings (SSSR count). The molecular weight excluding hydrogens is 318 g/mol. The Morgan fingerprint density at radius 3 is 2.56 bits per heavy atom. The highest BCUT2D eigenvalue weighted by Crippen LogP contribution is 2.29. The van der Waals surface area contributed by atoms with Crippen molar-refractivity contribution in [2.24, 2.45) is 0 Å². The molecule has 0 aliphatic carbocycles. The van der Waals surface area contributed by atoms with Gasteiger partial charge in [0, 0.05) is 18.7 Å². The first-order valence-corrected chi connectivity index (χ1v) is 7.96. The smallest absolute Gasteiger partial charge is 0.289 e. The van der Waals surface area contributed by atoms with Crippen molar-refractivity contribution in [3.05, 3.63) is 76.1 Å². The third-order valence-electron chi connectivity index (χ3n) is 4.34. The molecule has 0 saturated heterocycles. The van der Waals surface area contributed by atoms with Crippen LogP contribution in [-0.4, -0.2) is 25.0 Å². The summed E-state index contributed by atoms with van der Waals surface area (Å²) in [6, 6.07) is 15.4. The van der Waals surface area contributed by atoms with E-state index in [9.17, 15) is 9.59 Å². The van der Waals surface area contributed by atoms with Gasteiger partial charge in [-0.05, 0) is 25.1 Å². The van der Waals surface area contributed by atoms with Crippen molar-refractivity contribution in [1.82, 2.24) is 4.90 Å². The van der Waals surface area contributed by atoms with Crippen molar-refractivity contribution in [1.29, 1.82) is 0 Å². The third kappa shape index (κ3) is 3.13. The van der Waals surface area contributed by atoms with Crippen LogP contribution in [0.3, 0.4) is 0 Å². The highest BCUT2D eigenvalue weighted by Gasteiger charge is 2.23. The van der Waals surface area contributed by atoms with Gasteiger partial charge >= 0.3 is 0 Å². The number of amides is 1. The fourth-order valence-corrected chi connectivity index (χ4v) is 2.78. The van der Waals surface area contributed by atoms with Gasteiger partial charge in [0.15, 0.2) is 11.2 Å². The number of hydrogen-bond acceptors (Lipinski definition) is 4. The van der Waals surface area contributed by atoms with Crippen LogP contribution in [0.4, 0.5) is 0 Å². The molecular formula is C20H19NO4. The normalized spacial score (nSPS) is 12.0. The molecule has 128 valence electrons. The maximum atomic E-state index is 12.8. The Morgan fingerprint density at radius 1 is 1.12 bits per heavy atom. The number of ether oxygens (including phenoxy) is 1. The second-order valence-electron chi connectivity index (χ2n) is 5.81. The van der Waals surface area contributed by atoms with Gasteiger partial charge in [0.25, 0.3) is 5.91 Å². The second-order valence-corrected chi connectivity index (χ2v) is 5.81. The van der Waals surface area contributed by atoms with Crippen LogP contribution in [0.15, 0.2) is 63.8 Å². The first-order valence-electron chi connectivity index (χ1n) is 7.96. The zero-order chi connectivity index (χ0) is 18.0. The SMILES string of the molecule is COc1ccccc1C(C)N(C)C(=O)c1cc(=O)c2ccccc2o1. The largest absolute Gasteiger partial charge is 0.496 e. The van der Waals surface area contributed by atoms with Crippen molar-refractivity contribution in [3.8, 4) is 5.75 Å². The van der Waals surface area contributed by atoms with E-state index in [-0.39, 0.29) is 23.1 Å². The fraction of sp³-hybridized carbons (Fsp3) is 0.200. The number of benzene rings is 2. The number of para-hydroxylation sites is 2. The van der Waals surface area contributed by atoms with E-state index in [4.69, 9.17) is 9.15 Å². The summed E-state index contributed by atoms with van der Waals surface area (Å²) in [6.45, 7) is 1.90. The van der Waals surface area contributed by atoms with Crippen molar-refractivity contribution < 1.29 is 13.9 Å². The summed E-state index contributed by atoms with van der Waals surface area (Å²) in [5.74, 6) is 0.365. The molecule has 0 saturated carbocycles. The summed E-state index contributed by atoms with van der Waals surface area (Å²) in [6.07, 6.45) is 0. The number of methoxy groups -OCH3 is 1. The van der Waals surface area contributed by atoms with E-state index in [0.29, 0.717) is 16.7 Å². The monoisotopic (exact) mass is 337 g/mol. The Bertz CT molecular complexity index is 977.